The second kappa shape index (κ2) is 9.82. The Hall–Kier alpha value is -2.77. The van der Waals surface area contributed by atoms with E-state index < -0.39 is 18.0 Å². The molecule has 30 heavy (non-hydrogen) atoms. The molecular formula is C22H30N2O6. The van der Waals surface area contributed by atoms with Crippen molar-refractivity contribution in [2.24, 2.45) is 5.92 Å². The molecule has 164 valence electrons. The molecule has 2 atom stereocenters. The van der Waals surface area contributed by atoms with E-state index in [0.717, 1.165) is 25.7 Å². The van der Waals surface area contributed by atoms with Crippen LogP contribution in [0.3, 0.4) is 0 Å². The molecule has 2 unspecified atom stereocenters. The normalized spacial score (nSPS) is 20.6. The molecule has 0 aromatic heterocycles. The van der Waals surface area contributed by atoms with Gasteiger partial charge in [0.1, 0.15) is 11.5 Å². The van der Waals surface area contributed by atoms with Gasteiger partial charge in [-0.15, -0.1) is 0 Å². The number of hydrogen-bond donors (Lipinski definition) is 1. The van der Waals surface area contributed by atoms with Gasteiger partial charge in [0.25, 0.3) is 5.91 Å². The van der Waals surface area contributed by atoms with Gasteiger partial charge >= 0.3 is 5.97 Å². The van der Waals surface area contributed by atoms with Crippen LogP contribution in [0.25, 0.3) is 0 Å². The molecule has 0 radical (unpaired) electrons. The number of carbonyl (C=O) groups is 3. The average molecular weight is 418 g/mol. The first-order chi connectivity index (χ1) is 14.4. The third kappa shape index (κ3) is 5.04. The maximum Gasteiger partial charge on any atom is 0.312 e. The molecule has 1 aromatic carbocycles. The van der Waals surface area contributed by atoms with E-state index in [4.69, 9.17) is 14.2 Å². The number of esters is 1. The Morgan fingerprint density at radius 2 is 1.87 bits per heavy atom. The largest absolute Gasteiger partial charge is 0.497 e. The first kappa shape index (κ1) is 21.9. The molecule has 2 aliphatic rings. The zero-order valence-corrected chi connectivity index (χ0v) is 17.8. The van der Waals surface area contributed by atoms with Crippen molar-refractivity contribution in [3.8, 4) is 11.5 Å². The lowest BCUT2D eigenvalue weighted by molar-refractivity contribution is -0.158. The van der Waals surface area contributed by atoms with Crippen molar-refractivity contribution in [1.29, 1.82) is 0 Å². The molecule has 3 rings (SSSR count). The fourth-order valence-corrected chi connectivity index (χ4v) is 4.00. The molecule has 1 saturated heterocycles. The fourth-order valence-electron chi connectivity index (χ4n) is 4.00. The van der Waals surface area contributed by atoms with Gasteiger partial charge < -0.3 is 24.4 Å². The van der Waals surface area contributed by atoms with Crippen LogP contribution in [0.15, 0.2) is 18.2 Å². The highest BCUT2D eigenvalue weighted by Gasteiger charge is 2.38. The van der Waals surface area contributed by atoms with Gasteiger partial charge in [0.15, 0.2) is 6.10 Å². The minimum absolute atomic E-state index is 0.0327. The minimum atomic E-state index is -0.890. The molecular weight excluding hydrogens is 388 g/mol. The topological polar surface area (TPSA) is 94.2 Å². The quantitative estimate of drug-likeness (QED) is 0.684. The summed E-state index contributed by atoms with van der Waals surface area (Å²) < 4.78 is 15.9. The molecule has 1 heterocycles. The number of carbonyl (C=O) groups excluding carboxylic acids is 3. The van der Waals surface area contributed by atoms with Crippen LogP contribution in [0.4, 0.5) is 5.69 Å². The van der Waals surface area contributed by atoms with E-state index in [1.165, 1.54) is 18.4 Å². The monoisotopic (exact) mass is 418 g/mol. The number of nitrogens with one attached hydrogen (secondary N) is 1. The zero-order valence-electron chi connectivity index (χ0n) is 17.8. The summed E-state index contributed by atoms with van der Waals surface area (Å²) in [7, 11) is 3.06. The summed E-state index contributed by atoms with van der Waals surface area (Å²) in [5.74, 6) is -0.556. The summed E-state index contributed by atoms with van der Waals surface area (Å²) in [6, 6.07) is 5.29. The van der Waals surface area contributed by atoms with Crippen molar-refractivity contribution in [3.63, 3.8) is 0 Å². The molecule has 8 nitrogen and oxygen atoms in total. The average Bonchev–Trinajstić information content (AvgIpc) is 3.15. The van der Waals surface area contributed by atoms with E-state index in [0.29, 0.717) is 17.2 Å². The predicted molar refractivity (Wildman–Crippen MR) is 111 cm³/mol. The lowest BCUT2D eigenvalue weighted by atomic mass is 9.95. The Morgan fingerprint density at radius 3 is 2.53 bits per heavy atom. The van der Waals surface area contributed by atoms with E-state index in [-0.39, 0.29) is 30.8 Å². The summed E-state index contributed by atoms with van der Waals surface area (Å²) in [4.78, 5) is 39.0. The van der Waals surface area contributed by atoms with Crippen molar-refractivity contribution in [3.05, 3.63) is 18.2 Å². The van der Waals surface area contributed by atoms with E-state index in [9.17, 15) is 14.4 Å². The van der Waals surface area contributed by atoms with Crippen molar-refractivity contribution in [2.45, 2.75) is 57.6 Å². The van der Waals surface area contributed by atoms with Crippen LogP contribution in [-0.4, -0.2) is 50.7 Å². The van der Waals surface area contributed by atoms with Gasteiger partial charge in [-0.2, -0.15) is 0 Å². The van der Waals surface area contributed by atoms with Crippen molar-refractivity contribution < 1.29 is 28.6 Å². The van der Waals surface area contributed by atoms with E-state index in [1.54, 1.807) is 32.2 Å². The third-order valence-electron chi connectivity index (χ3n) is 5.75. The molecule has 0 spiro atoms. The number of amides is 2. The first-order valence-electron chi connectivity index (χ1n) is 10.5. The summed E-state index contributed by atoms with van der Waals surface area (Å²) in [6.45, 7) is 1.74. The predicted octanol–water partition coefficient (Wildman–Crippen LogP) is 2.44. The second-order valence-electron chi connectivity index (χ2n) is 7.87. The fraction of sp³-hybridized carbons (Fsp3) is 0.591. The highest BCUT2D eigenvalue weighted by molar-refractivity contribution is 6.01. The summed E-state index contributed by atoms with van der Waals surface area (Å²) >= 11 is 0. The molecule has 1 aliphatic heterocycles. The molecule has 0 bridgehead atoms. The number of methoxy groups -OCH3 is 2. The van der Waals surface area contributed by atoms with Gasteiger partial charge in [-0.25, -0.2) is 0 Å². The van der Waals surface area contributed by atoms with Gasteiger partial charge in [-0.1, -0.05) is 19.3 Å². The minimum Gasteiger partial charge on any atom is -0.497 e. The maximum absolute atomic E-state index is 12.6. The van der Waals surface area contributed by atoms with Crippen molar-refractivity contribution >= 4 is 23.5 Å². The Morgan fingerprint density at radius 1 is 1.13 bits per heavy atom. The summed E-state index contributed by atoms with van der Waals surface area (Å²) in [5, 5.41) is 2.96. The first-order valence-corrected chi connectivity index (χ1v) is 10.5. The van der Waals surface area contributed by atoms with Gasteiger partial charge in [-0.3, -0.25) is 14.4 Å². The van der Waals surface area contributed by atoms with Crippen molar-refractivity contribution in [1.82, 2.24) is 5.32 Å². The van der Waals surface area contributed by atoms with Crippen LogP contribution >= 0.6 is 0 Å². The number of benzene rings is 1. The molecule has 1 saturated carbocycles. The third-order valence-corrected chi connectivity index (χ3v) is 5.75. The summed E-state index contributed by atoms with van der Waals surface area (Å²) in [6.07, 6.45) is 4.47. The SMILES string of the molecule is COc1ccc(N2CC(C(=O)OC(C)C(=O)NC3CCCCC3)CC2=O)c(OC)c1. The van der Waals surface area contributed by atoms with E-state index >= 15 is 0 Å². The highest BCUT2D eigenvalue weighted by Crippen LogP contribution is 2.36. The summed E-state index contributed by atoms with van der Waals surface area (Å²) in [5.41, 5.74) is 0.571. The molecule has 2 amide bonds. The van der Waals surface area contributed by atoms with E-state index in [2.05, 4.69) is 5.32 Å². The Bertz CT molecular complexity index is 790. The Labute approximate surface area is 176 Å². The number of nitrogens with zero attached hydrogens (tertiary/aromatic N) is 1. The van der Waals surface area contributed by atoms with Crippen LogP contribution in [0, 0.1) is 5.92 Å². The van der Waals surface area contributed by atoms with Gasteiger partial charge in [-0.05, 0) is 31.9 Å². The molecule has 1 aromatic rings. The van der Waals surface area contributed by atoms with Crippen LogP contribution in [0.5, 0.6) is 11.5 Å². The Balaban J connectivity index is 1.59. The highest BCUT2D eigenvalue weighted by atomic mass is 16.5. The van der Waals surface area contributed by atoms with Crippen LogP contribution in [0.1, 0.15) is 45.4 Å². The second-order valence-corrected chi connectivity index (χ2v) is 7.87. The maximum atomic E-state index is 12.6. The molecule has 1 aliphatic carbocycles. The van der Waals surface area contributed by atoms with Gasteiger partial charge in [0.2, 0.25) is 5.91 Å². The number of anilines is 1. The van der Waals surface area contributed by atoms with E-state index in [1.807, 2.05) is 0 Å². The molecule has 1 N–H and O–H groups in total. The van der Waals surface area contributed by atoms with Crippen LogP contribution < -0.4 is 19.7 Å². The lowest BCUT2D eigenvalue weighted by Gasteiger charge is -2.24. The molecule has 2 fully saturated rings. The van der Waals surface area contributed by atoms with Crippen LogP contribution in [-0.2, 0) is 19.1 Å². The number of hydrogen-bond acceptors (Lipinski definition) is 6. The smallest absolute Gasteiger partial charge is 0.312 e. The Kier molecular flexibility index (Phi) is 7.18. The number of ether oxygens (including phenoxy) is 3. The van der Waals surface area contributed by atoms with Gasteiger partial charge in [0.05, 0.1) is 25.8 Å². The van der Waals surface area contributed by atoms with Gasteiger partial charge in [0, 0.05) is 25.1 Å². The van der Waals surface area contributed by atoms with Crippen molar-refractivity contribution in [2.75, 3.05) is 25.7 Å². The lowest BCUT2D eigenvalue weighted by Crippen LogP contribution is -2.43. The zero-order chi connectivity index (χ0) is 21.7. The molecule has 8 heteroatoms. The van der Waals surface area contributed by atoms with Crippen LogP contribution in [0.2, 0.25) is 0 Å². The number of rotatable bonds is 7. The standard InChI is InChI=1S/C22H30N2O6/c1-14(21(26)23-16-7-5-4-6-8-16)30-22(27)15-11-20(25)24(13-15)18-10-9-17(28-2)12-19(18)29-3/h9-10,12,14-16H,4-8,11,13H2,1-3H3,(H,23,26).